The summed E-state index contributed by atoms with van der Waals surface area (Å²) in [6.07, 6.45) is 0.959. The van der Waals surface area contributed by atoms with Crippen molar-refractivity contribution in [2.45, 2.75) is 26.7 Å². The van der Waals surface area contributed by atoms with Crippen LogP contribution in [0.15, 0.2) is 22.7 Å². The van der Waals surface area contributed by atoms with Gasteiger partial charge < -0.3 is 15.3 Å². The zero-order valence-electron chi connectivity index (χ0n) is 12.1. The van der Waals surface area contributed by atoms with Crippen LogP contribution in [-0.2, 0) is 4.79 Å². The monoisotopic (exact) mass is 354 g/mol. The molecule has 0 aromatic heterocycles. The highest BCUT2D eigenvalue weighted by atomic mass is 79.9. The Balaban J connectivity index is 2.00. The molecule has 0 bridgehead atoms. The summed E-state index contributed by atoms with van der Waals surface area (Å²) >= 11 is 3.43. The number of carboxylic acid groups (broad SMARTS) is 1. The van der Waals surface area contributed by atoms with E-state index in [0.29, 0.717) is 25.9 Å². The van der Waals surface area contributed by atoms with Crippen molar-refractivity contribution in [3.05, 3.63) is 28.2 Å². The van der Waals surface area contributed by atoms with Gasteiger partial charge >= 0.3 is 12.0 Å². The number of halogens is 1. The zero-order valence-corrected chi connectivity index (χ0v) is 13.7. The van der Waals surface area contributed by atoms with E-state index in [2.05, 4.69) is 21.2 Å². The molecule has 0 aliphatic carbocycles. The van der Waals surface area contributed by atoms with Crippen LogP contribution in [0.25, 0.3) is 0 Å². The van der Waals surface area contributed by atoms with Crippen molar-refractivity contribution in [1.82, 2.24) is 4.90 Å². The maximum Gasteiger partial charge on any atom is 0.321 e. The molecule has 0 unspecified atom stereocenters. The first-order valence-corrected chi connectivity index (χ1v) is 7.67. The van der Waals surface area contributed by atoms with Gasteiger partial charge in [0.05, 0.1) is 5.41 Å². The SMILES string of the molecule is Cc1c(Br)cccc1NC(=O)N1CCC(C)(C(=O)O)CC1. The molecule has 6 heteroatoms. The molecule has 1 aromatic carbocycles. The molecule has 1 aromatic rings. The summed E-state index contributed by atoms with van der Waals surface area (Å²) in [4.78, 5) is 25.1. The lowest BCUT2D eigenvalue weighted by atomic mass is 9.80. The lowest BCUT2D eigenvalue weighted by molar-refractivity contribution is -0.150. The maximum absolute atomic E-state index is 12.3. The molecule has 2 rings (SSSR count). The van der Waals surface area contributed by atoms with Gasteiger partial charge in [-0.2, -0.15) is 0 Å². The van der Waals surface area contributed by atoms with E-state index in [0.717, 1.165) is 15.7 Å². The molecule has 21 heavy (non-hydrogen) atoms. The fourth-order valence-corrected chi connectivity index (χ4v) is 2.72. The number of urea groups is 1. The predicted octanol–water partition coefficient (Wildman–Crippen LogP) is 3.48. The number of rotatable bonds is 2. The molecule has 114 valence electrons. The number of carbonyl (C=O) groups excluding carboxylic acids is 1. The predicted molar refractivity (Wildman–Crippen MR) is 84.4 cm³/mol. The van der Waals surface area contributed by atoms with Crippen molar-refractivity contribution >= 4 is 33.6 Å². The van der Waals surface area contributed by atoms with Crippen LogP contribution in [0.2, 0.25) is 0 Å². The molecule has 5 nitrogen and oxygen atoms in total. The smallest absolute Gasteiger partial charge is 0.321 e. The normalized spacial score (nSPS) is 17.4. The number of hydrogen-bond donors (Lipinski definition) is 2. The summed E-state index contributed by atoms with van der Waals surface area (Å²) < 4.78 is 0.942. The second-order valence-corrected chi connectivity index (χ2v) is 6.55. The Labute approximate surface area is 132 Å². The average molecular weight is 355 g/mol. The van der Waals surface area contributed by atoms with Crippen molar-refractivity contribution in [2.24, 2.45) is 5.41 Å². The van der Waals surface area contributed by atoms with Gasteiger partial charge in [-0.05, 0) is 44.4 Å². The summed E-state index contributed by atoms with van der Waals surface area (Å²) in [7, 11) is 0. The molecular formula is C15H19BrN2O3. The number of likely N-dealkylation sites (tertiary alicyclic amines) is 1. The van der Waals surface area contributed by atoms with Gasteiger partial charge in [0.2, 0.25) is 0 Å². The van der Waals surface area contributed by atoms with Crippen molar-refractivity contribution in [3.8, 4) is 0 Å². The van der Waals surface area contributed by atoms with Crippen LogP contribution in [0.4, 0.5) is 10.5 Å². The fourth-order valence-electron chi connectivity index (χ4n) is 2.35. The number of amides is 2. The van der Waals surface area contributed by atoms with Crippen molar-refractivity contribution in [3.63, 3.8) is 0 Å². The Bertz CT molecular complexity index is 566. The Morgan fingerprint density at radius 3 is 2.52 bits per heavy atom. The highest BCUT2D eigenvalue weighted by molar-refractivity contribution is 9.10. The van der Waals surface area contributed by atoms with Gasteiger partial charge in [0.1, 0.15) is 0 Å². The molecule has 0 radical (unpaired) electrons. The van der Waals surface area contributed by atoms with E-state index >= 15 is 0 Å². The number of piperidine rings is 1. The Kier molecular flexibility index (Phi) is 4.56. The van der Waals surface area contributed by atoms with E-state index < -0.39 is 11.4 Å². The second-order valence-electron chi connectivity index (χ2n) is 5.70. The minimum atomic E-state index is -0.787. The van der Waals surface area contributed by atoms with Crippen LogP contribution in [-0.4, -0.2) is 35.1 Å². The van der Waals surface area contributed by atoms with Gasteiger partial charge in [-0.1, -0.05) is 22.0 Å². The lowest BCUT2D eigenvalue weighted by Gasteiger charge is -2.36. The zero-order chi connectivity index (χ0) is 15.6. The minimum absolute atomic E-state index is 0.177. The number of anilines is 1. The number of hydrogen-bond acceptors (Lipinski definition) is 2. The van der Waals surface area contributed by atoms with E-state index in [-0.39, 0.29) is 6.03 Å². The summed E-state index contributed by atoms with van der Waals surface area (Å²) in [5, 5.41) is 12.1. The van der Waals surface area contributed by atoms with E-state index in [4.69, 9.17) is 0 Å². The van der Waals surface area contributed by atoms with Gasteiger partial charge in [0, 0.05) is 23.2 Å². The van der Waals surface area contributed by atoms with Crippen molar-refractivity contribution in [2.75, 3.05) is 18.4 Å². The number of aliphatic carboxylic acids is 1. The molecule has 1 saturated heterocycles. The molecule has 0 saturated carbocycles. The van der Waals surface area contributed by atoms with Crippen LogP contribution in [0.5, 0.6) is 0 Å². The quantitative estimate of drug-likeness (QED) is 0.853. The molecule has 1 aliphatic rings. The fraction of sp³-hybridized carbons (Fsp3) is 0.467. The molecule has 0 atom stereocenters. The van der Waals surface area contributed by atoms with Crippen LogP contribution in [0, 0.1) is 12.3 Å². The summed E-state index contributed by atoms with van der Waals surface area (Å²) in [6, 6.07) is 5.46. The van der Waals surface area contributed by atoms with E-state index in [1.165, 1.54) is 0 Å². The van der Waals surface area contributed by atoms with Gasteiger partial charge in [-0.15, -0.1) is 0 Å². The number of nitrogens with one attached hydrogen (secondary N) is 1. The Morgan fingerprint density at radius 1 is 1.33 bits per heavy atom. The molecule has 2 N–H and O–H groups in total. The molecule has 1 aliphatic heterocycles. The first-order chi connectivity index (χ1) is 9.83. The van der Waals surface area contributed by atoms with E-state index in [1.807, 2.05) is 25.1 Å². The van der Waals surface area contributed by atoms with Gasteiger partial charge in [0.15, 0.2) is 0 Å². The van der Waals surface area contributed by atoms with E-state index in [1.54, 1.807) is 11.8 Å². The number of nitrogens with zero attached hydrogens (tertiary/aromatic N) is 1. The molecule has 1 fully saturated rings. The van der Waals surface area contributed by atoms with Crippen molar-refractivity contribution in [1.29, 1.82) is 0 Å². The van der Waals surface area contributed by atoms with Gasteiger partial charge in [-0.25, -0.2) is 4.79 Å². The van der Waals surface area contributed by atoms with Gasteiger partial charge in [0.25, 0.3) is 0 Å². The topological polar surface area (TPSA) is 69.6 Å². The molecule has 1 heterocycles. The first kappa shape index (κ1) is 15.8. The average Bonchev–Trinajstić information content (AvgIpc) is 2.44. The lowest BCUT2D eigenvalue weighted by Crippen LogP contribution is -2.46. The Hall–Kier alpha value is -1.56. The maximum atomic E-state index is 12.3. The Morgan fingerprint density at radius 2 is 1.95 bits per heavy atom. The minimum Gasteiger partial charge on any atom is -0.481 e. The van der Waals surface area contributed by atoms with Crippen molar-refractivity contribution < 1.29 is 14.7 Å². The molecule has 0 spiro atoms. The number of carboxylic acids is 1. The molecule has 2 amide bonds. The highest BCUT2D eigenvalue weighted by Gasteiger charge is 2.38. The van der Waals surface area contributed by atoms with Crippen LogP contribution in [0.1, 0.15) is 25.3 Å². The van der Waals surface area contributed by atoms with Crippen LogP contribution < -0.4 is 5.32 Å². The summed E-state index contributed by atoms with van der Waals surface area (Å²) in [6.45, 7) is 4.59. The third-order valence-electron chi connectivity index (χ3n) is 4.18. The first-order valence-electron chi connectivity index (χ1n) is 6.88. The summed E-state index contributed by atoms with van der Waals surface area (Å²) in [5.41, 5.74) is 1.02. The number of carbonyl (C=O) groups is 2. The van der Waals surface area contributed by atoms with Crippen LogP contribution >= 0.6 is 15.9 Å². The molecular weight excluding hydrogens is 336 g/mol. The summed E-state index contributed by atoms with van der Waals surface area (Å²) in [5.74, 6) is -0.787. The third-order valence-corrected chi connectivity index (χ3v) is 5.04. The second kappa shape index (κ2) is 6.05. The standard InChI is InChI=1S/C15H19BrN2O3/c1-10-11(16)4-3-5-12(10)17-14(21)18-8-6-15(2,7-9-18)13(19)20/h3-5H,6-9H2,1-2H3,(H,17,21)(H,19,20). The van der Waals surface area contributed by atoms with E-state index in [9.17, 15) is 14.7 Å². The van der Waals surface area contributed by atoms with Gasteiger partial charge in [-0.3, -0.25) is 4.79 Å². The third kappa shape index (κ3) is 3.37. The largest absolute Gasteiger partial charge is 0.481 e. The highest BCUT2D eigenvalue weighted by Crippen LogP contribution is 2.31. The van der Waals surface area contributed by atoms with Crippen LogP contribution in [0.3, 0.4) is 0 Å². The number of benzene rings is 1.